The Morgan fingerprint density at radius 2 is 2.50 bits per heavy atom. The number of ether oxygens (including phenoxy) is 1. The van der Waals surface area contributed by atoms with Gasteiger partial charge in [0.15, 0.2) is 0 Å². The van der Waals surface area contributed by atoms with Crippen LogP contribution in [0.1, 0.15) is 12.7 Å². The van der Waals surface area contributed by atoms with Crippen molar-refractivity contribution < 1.29 is 9.53 Å². The second-order valence-electron chi connectivity index (χ2n) is 3.08. The van der Waals surface area contributed by atoms with E-state index in [0.717, 1.165) is 5.82 Å². The maximum absolute atomic E-state index is 11.0. The van der Waals surface area contributed by atoms with Gasteiger partial charge in [-0.1, -0.05) is 0 Å². The van der Waals surface area contributed by atoms with Gasteiger partial charge in [0.2, 0.25) is 0 Å². The zero-order chi connectivity index (χ0) is 10.6. The van der Waals surface area contributed by atoms with E-state index in [2.05, 4.69) is 15.0 Å². The molecule has 0 aliphatic heterocycles. The third-order valence-electron chi connectivity index (χ3n) is 2.04. The molecule has 0 aliphatic rings. The Morgan fingerprint density at radius 3 is 3.00 bits per heavy atom. The SMILES string of the molecule is COC(=O)[C@H](C)NCc1nccn1C. The molecule has 0 saturated carbocycles. The first-order valence-electron chi connectivity index (χ1n) is 4.42. The lowest BCUT2D eigenvalue weighted by Gasteiger charge is -2.10. The molecule has 0 saturated heterocycles. The molecule has 0 spiro atoms. The van der Waals surface area contributed by atoms with Gasteiger partial charge < -0.3 is 9.30 Å². The van der Waals surface area contributed by atoms with Crippen LogP contribution in [0.3, 0.4) is 0 Å². The number of esters is 1. The molecule has 5 nitrogen and oxygen atoms in total. The Bertz CT molecular complexity index is 309. The normalized spacial score (nSPS) is 12.5. The molecule has 0 unspecified atom stereocenters. The number of imidazole rings is 1. The summed E-state index contributed by atoms with van der Waals surface area (Å²) in [6.45, 7) is 2.31. The molecule has 78 valence electrons. The van der Waals surface area contributed by atoms with Crippen LogP contribution in [0.25, 0.3) is 0 Å². The average Bonchev–Trinajstić information content (AvgIpc) is 2.59. The number of nitrogens with one attached hydrogen (secondary N) is 1. The summed E-state index contributed by atoms with van der Waals surface area (Å²) in [4.78, 5) is 15.2. The monoisotopic (exact) mass is 197 g/mol. The Balaban J connectivity index is 2.41. The van der Waals surface area contributed by atoms with Crippen molar-refractivity contribution >= 4 is 5.97 Å². The van der Waals surface area contributed by atoms with Gasteiger partial charge in [-0.2, -0.15) is 0 Å². The van der Waals surface area contributed by atoms with Gasteiger partial charge in [0, 0.05) is 19.4 Å². The van der Waals surface area contributed by atoms with Crippen LogP contribution in [0, 0.1) is 0 Å². The van der Waals surface area contributed by atoms with Crippen molar-refractivity contribution in [3.05, 3.63) is 18.2 Å². The molecule has 0 bridgehead atoms. The fourth-order valence-electron chi connectivity index (χ4n) is 1.07. The van der Waals surface area contributed by atoms with Crippen LogP contribution >= 0.6 is 0 Å². The summed E-state index contributed by atoms with van der Waals surface area (Å²) < 4.78 is 6.48. The fraction of sp³-hybridized carbons (Fsp3) is 0.556. The molecule has 0 aromatic carbocycles. The number of nitrogens with zero attached hydrogens (tertiary/aromatic N) is 2. The summed E-state index contributed by atoms with van der Waals surface area (Å²) >= 11 is 0. The number of aromatic nitrogens is 2. The Labute approximate surface area is 83.1 Å². The molecule has 1 atom stereocenters. The molecule has 1 aromatic heterocycles. The van der Waals surface area contributed by atoms with E-state index in [9.17, 15) is 4.79 Å². The van der Waals surface area contributed by atoms with E-state index in [0.29, 0.717) is 6.54 Å². The van der Waals surface area contributed by atoms with Crippen molar-refractivity contribution in [3.63, 3.8) is 0 Å². The zero-order valence-electron chi connectivity index (χ0n) is 8.65. The Hall–Kier alpha value is -1.36. The van der Waals surface area contributed by atoms with Gasteiger partial charge in [-0.15, -0.1) is 0 Å². The first-order valence-corrected chi connectivity index (χ1v) is 4.42. The molecule has 14 heavy (non-hydrogen) atoms. The summed E-state index contributed by atoms with van der Waals surface area (Å²) in [5.74, 6) is 0.625. The third kappa shape index (κ3) is 2.56. The minimum Gasteiger partial charge on any atom is -0.468 e. The van der Waals surface area contributed by atoms with E-state index in [1.54, 1.807) is 13.1 Å². The summed E-state index contributed by atoms with van der Waals surface area (Å²) in [6, 6.07) is -0.309. The van der Waals surface area contributed by atoms with Crippen molar-refractivity contribution in [2.75, 3.05) is 7.11 Å². The largest absolute Gasteiger partial charge is 0.468 e. The molecule has 1 aromatic rings. The number of hydrogen-bond acceptors (Lipinski definition) is 4. The van der Waals surface area contributed by atoms with Crippen LogP contribution in [0.15, 0.2) is 12.4 Å². The highest BCUT2D eigenvalue weighted by Crippen LogP contribution is 1.95. The van der Waals surface area contributed by atoms with E-state index in [-0.39, 0.29) is 12.0 Å². The molecule has 5 heteroatoms. The summed E-state index contributed by atoms with van der Waals surface area (Å²) in [5.41, 5.74) is 0. The first kappa shape index (κ1) is 10.7. The van der Waals surface area contributed by atoms with Crippen LogP contribution in [0.5, 0.6) is 0 Å². The second kappa shape index (κ2) is 4.76. The van der Waals surface area contributed by atoms with E-state index in [4.69, 9.17) is 0 Å². The summed E-state index contributed by atoms with van der Waals surface area (Å²) in [5, 5.41) is 3.02. The molecular weight excluding hydrogens is 182 g/mol. The number of rotatable bonds is 4. The predicted octanol–water partition coefficient (Wildman–Crippen LogP) is 0.0712. The standard InChI is InChI=1S/C9H15N3O2/c1-7(9(13)14-3)11-6-8-10-4-5-12(8)2/h4-5,7,11H,6H2,1-3H3/t7-/m0/s1. The quantitative estimate of drug-likeness (QED) is 0.694. The lowest BCUT2D eigenvalue weighted by atomic mass is 10.3. The first-order chi connectivity index (χ1) is 6.65. The Kier molecular flexibility index (Phi) is 3.64. The molecule has 1 N–H and O–H groups in total. The van der Waals surface area contributed by atoms with E-state index in [1.165, 1.54) is 7.11 Å². The highest BCUT2D eigenvalue weighted by Gasteiger charge is 2.12. The van der Waals surface area contributed by atoms with E-state index < -0.39 is 0 Å². The van der Waals surface area contributed by atoms with E-state index in [1.807, 2.05) is 17.8 Å². The van der Waals surface area contributed by atoms with Crippen LogP contribution in [-0.2, 0) is 23.1 Å². The smallest absolute Gasteiger partial charge is 0.322 e. The molecular formula is C9H15N3O2. The molecule has 0 amide bonds. The van der Waals surface area contributed by atoms with Gasteiger partial charge in [0.25, 0.3) is 0 Å². The van der Waals surface area contributed by atoms with Gasteiger partial charge in [-0.05, 0) is 6.92 Å². The molecule has 0 fully saturated rings. The highest BCUT2D eigenvalue weighted by atomic mass is 16.5. The predicted molar refractivity (Wildman–Crippen MR) is 51.5 cm³/mol. The molecule has 0 radical (unpaired) electrons. The lowest BCUT2D eigenvalue weighted by Crippen LogP contribution is -2.34. The maximum atomic E-state index is 11.0. The van der Waals surface area contributed by atoms with Gasteiger partial charge in [-0.3, -0.25) is 10.1 Å². The molecule has 1 rings (SSSR count). The van der Waals surface area contributed by atoms with Crippen LogP contribution in [0.2, 0.25) is 0 Å². The van der Waals surface area contributed by atoms with Gasteiger partial charge in [-0.25, -0.2) is 4.98 Å². The van der Waals surface area contributed by atoms with Crippen LogP contribution < -0.4 is 5.32 Å². The van der Waals surface area contributed by atoms with Gasteiger partial charge in [0.1, 0.15) is 11.9 Å². The fourth-order valence-corrected chi connectivity index (χ4v) is 1.07. The molecule has 1 heterocycles. The van der Waals surface area contributed by atoms with Gasteiger partial charge >= 0.3 is 5.97 Å². The number of carbonyl (C=O) groups excluding carboxylic acids is 1. The minimum absolute atomic E-state index is 0.265. The highest BCUT2D eigenvalue weighted by molar-refractivity contribution is 5.74. The average molecular weight is 197 g/mol. The van der Waals surface area contributed by atoms with Crippen molar-refractivity contribution in [1.29, 1.82) is 0 Å². The summed E-state index contributed by atoms with van der Waals surface area (Å²) in [7, 11) is 3.29. The minimum atomic E-state index is -0.309. The van der Waals surface area contributed by atoms with Crippen molar-refractivity contribution in [2.45, 2.75) is 19.5 Å². The lowest BCUT2D eigenvalue weighted by molar-refractivity contribution is -0.142. The molecule has 0 aliphatic carbocycles. The second-order valence-corrected chi connectivity index (χ2v) is 3.08. The Morgan fingerprint density at radius 1 is 1.79 bits per heavy atom. The van der Waals surface area contributed by atoms with Crippen molar-refractivity contribution in [1.82, 2.24) is 14.9 Å². The summed E-state index contributed by atoms with van der Waals surface area (Å²) in [6.07, 6.45) is 3.58. The van der Waals surface area contributed by atoms with Crippen molar-refractivity contribution in [3.8, 4) is 0 Å². The van der Waals surface area contributed by atoms with E-state index >= 15 is 0 Å². The third-order valence-corrected chi connectivity index (χ3v) is 2.04. The van der Waals surface area contributed by atoms with Crippen LogP contribution in [0.4, 0.5) is 0 Å². The number of carbonyl (C=O) groups is 1. The number of methoxy groups -OCH3 is 1. The number of aryl methyl sites for hydroxylation is 1. The van der Waals surface area contributed by atoms with Gasteiger partial charge in [0.05, 0.1) is 13.7 Å². The van der Waals surface area contributed by atoms with Crippen molar-refractivity contribution in [2.24, 2.45) is 7.05 Å². The van der Waals surface area contributed by atoms with Crippen LogP contribution in [-0.4, -0.2) is 28.7 Å². The maximum Gasteiger partial charge on any atom is 0.322 e. The zero-order valence-corrected chi connectivity index (χ0v) is 8.65. The topological polar surface area (TPSA) is 56.1 Å². The number of hydrogen-bond donors (Lipinski definition) is 1.